The summed E-state index contributed by atoms with van der Waals surface area (Å²) in [5.41, 5.74) is 2.62. The van der Waals surface area contributed by atoms with Gasteiger partial charge >= 0.3 is 0 Å². The topological polar surface area (TPSA) is 135 Å². The molecule has 0 aliphatic carbocycles. The summed E-state index contributed by atoms with van der Waals surface area (Å²) in [5, 5.41) is 26.8. The van der Waals surface area contributed by atoms with Crippen molar-refractivity contribution in [2.24, 2.45) is 5.10 Å². The third-order valence-electron chi connectivity index (χ3n) is 3.77. The van der Waals surface area contributed by atoms with Crippen molar-refractivity contribution in [2.75, 3.05) is 20.8 Å². The number of hydrazone groups is 1. The van der Waals surface area contributed by atoms with E-state index in [1.54, 1.807) is 25.1 Å². The van der Waals surface area contributed by atoms with E-state index in [0.717, 1.165) is 6.07 Å². The molecule has 29 heavy (non-hydrogen) atoms. The average Bonchev–Trinajstić information content (AvgIpc) is 2.69. The molecule has 0 bridgehead atoms. The van der Waals surface area contributed by atoms with Gasteiger partial charge in [0.25, 0.3) is 5.69 Å². The van der Waals surface area contributed by atoms with E-state index in [4.69, 9.17) is 14.2 Å². The van der Waals surface area contributed by atoms with Gasteiger partial charge in [-0.05, 0) is 30.7 Å². The second-order valence-electron chi connectivity index (χ2n) is 5.72. The Bertz CT molecular complexity index is 928. The highest BCUT2D eigenvalue weighted by molar-refractivity contribution is 5.85. The number of benzene rings is 2. The maximum Gasteiger partial charge on any atom is 0.266 e. The molecule has 2 aromatic rings. The van der Waals surface area contributed by atoms with Gasteiger partial charge in [-0.15, -0.1) is 0 Å². The number of nitrogens with one attached hydrogen (secondary N) is 1. The molecule has 0 radical (unpaired) electrons. The lowest BCUT2D eigenvalue weighted by molar-refractivity contribution is -0.398. The molecule has 154 valence electrons. The van der Waals surface area contributed by atoms with Crippen LogP contribution in [0.5, 0.6) is 23.0 Å². The van der Waals surface area contributed by atoms with Crippen LogP contribution in [-0.2, 0) is 11.2 Å². The van der Waals surface area contributed by atoms with E-state index in [1.165, 1.54) is 26.5 Å². The minimum absolute atomic E-state index is 0.0293. The first-order valence-corrected chi connectivity index (χ1v) is 8.54. The molecule has 0 fully saturated rings. The first-order valence-electron chi connectivity index (χ1n) is 8.54. The second kappa shape index (κ2) is 9.93. The fourth-order valence-electron chi connectivity index (χ4n) is 2.48. The van der Waals surface area contributed by atoms with Crippen molar-refractivity contribution in [1.82, 2.24) is 5.43 Å². The molecule has 1 N–H and O–H groups in total. The molecule has 0 saturated heterocycles. The predicted octanol–water partition coefficient (Wildman–Crippen LogP) is 1.78. The van der Waals surface area contributed by atoms with Crippen molar-refractivity contribution in [2.45, 2.75) is 13.3 Å². The third-order valence-corrected chi connectivity index (χ3v) is 3.77. The Morgan fingerprint density at radius 1 is 1.17 bits per heavy atom. The molecule has 0 saturated carbocycles. The fourth-order valence-corrected chi connectivity index (χ4v) is 2.48. The molecule has 10 heteroatoms. The number of nitro groups is 1. The molecule has 2 aromatic carbocycles. The SMILES string of the molecule is CCOc1cc(/C=N\NC(=O)Cc2ccc(OC)c(OC)c2)cc([N+](=O)[O-])c1[O-]. The number of methoxy groups -OCH3 is 2. The number of nitrogens with zero attached hydrogens (tertiary/aromatic N) is 2. The highest BCUT2D eigenvalue weighted by atomic mass is 16.6. The Morgan fingerprint density at radius 2 is 1.90 bits per heavy atom. The second-order valence-corrected chi connectivity index (χ2v) is 5.72. The first kappa shape index (κ1) is 21.5. The van der Waals surface area contributed by atoms with Crippen molar-refractivity contribution < 1.29 is 29.0 Å². The lowest BCUT2D eigenvalue weighted by Gasteiger charge is -2.14. The van der Waals surface area contributed by atoms with Crippen LogP contribution < -0.4 is 24.7 Å². The highest BCUT2D eigenvalue weighted by Crippen LogP contribution is 2.34. The Labute approximate surface area is 166 Å². The van der Waals surface area contributed by atoms with Gasteiger partial charge in [-0.2, -0.15) is 5.10 Å². The predicted molar refractivity (Wildman–Crippen MR) is 103 cm³/mol. The fraction of sp³-hybridized carbons (Fsp3) is 0.263. The average molecular weight is 402 g/mol. The zero-order valence-corrected chi connectivity index (χ0v) is 16.1. The summed E-state index contributed by atoms with van der Waals surface area (Å²) in [6, 6.07) is 7.46. The van der Waals surface area contributed by atoms with Gasteiger partial charge in [0.2, 0.25) is 5.91 Å². The van der Waals surface area contributed by atoms with Crippen LogP contribution in [-0.4, -0.2) is 37.9 Å². The molecular weight excluding hydrogens is 382 g/mol. The molecule has 1 amide bonds. The van der Waals surface area contributed by atoms with Crippen LogP contribution in [0.4, 0.5) is 5.69 Å². The van der Waals surface area contributed by atoms with Gasteiger partial charge < -0.3 is 19.3 Å². The van der Waals surface area contributed by atoms with E-state index in [0.29, 0.717) is 17.1 Å². The lowest BCUT2D eigenvalue weighted by atomic mass is 10.1. The number of carbonyl (C=O) groups excluding carboxylic acids is 1. The highest BCUT2D eigenvalue weighted by Gasteiger charge is 2.13. The summed E-state index contributed by atoms with van der Waals surface area (Å²) >= 11 is 0. The monoisotopic (exact) mass is 402 g/mol. The van der Waals surface area contributed by atoms with E-state index in [1.807, 2.05) is 0 Å². The van der Waals surface area contributed by atoms with Crippen molar-refractivity contribution in [1.29, 1.82) is 0 Å². The number of nitro benzene ring substituents is 1. The van der Waals surface area contributed by atoms with E-state index in [2.05, 4.69) is 10.5 Å². The molecule has 10 nitrogen and oxygen atoms in total. The lowest BCUT2D eigenvalue weighted by Crippen LogP contribution is -2.19. The number of ether oxygens (including phenoxy) is 3. The summed E-state index contributed by atoms with van der Waals surface area (Å²) in [4.78, 5) is 22.3. The molecule has 0 unspecified atom stereocenters. The Balaban J connectivity index is 2.09. The largest absolute Gasteiger partial charge is 0.865 e. The quantitative estimate of drug-likeness (QED) is 0.384. The van der Waals surface area contributed by atoms with E-state index < -0.39 is 22.3 Å². The van der Waals surface area contributed by atoms with Crippen LogP contribution in [0, 0.1) is 10.1 Å². The summed E-state index contributed by atoms with van der Waals surface area (Å²) in [6.07, 6.45) is 1.23. The Kier molecular flexibility index (Phi) is 7.35. The summed E-state index contributed by atoms with van der Waals surface area (Å²) in [7, 11) is 3.01. The van der Waals surface area contributed by atoms with Crippen LogP contribution in [0.2, 0.25) is 0 Å². The van der Waals surface area contributed by atoms with Crippen molar-refractivity contribution in [3.63, 3.8) is 0 Å². The smallest absolute Gasteiger partial charge is 0.266 e. The molecule has 0 spiro atoms. The number of hydrogen-bond donors (Lipinski definition) is 1. The molecule has 0 aromatic heterocycles. The zero-order chi connectivity index (χ0) is 21.4. The molecule has 2 rings (SSSR count). The van der Waals surface area contributed by atoms with Crippen molar-refractivity contribution in [3.8, 4) is 23.0 Å². The standard InChI is InChI=1S/C19H21N3O7/c1-4-29-17-9-13(7-14(19(17)24)22(25)26)11-20-21-18(23)10-12-5-6-15(27-2)16(8-12)28-3/h5-9,11,24H,4,10H2,1-3H3,(H,21,23)/p-1/b20-11-. The van der Waals surface area contributed by atoms with E-state index in [-0.39, 0.29) is 24.3 Å². The molecule has 0 heterocycles. The maximum absolute atomic E-state index is 12.1. The van der Waals surface area contributed by atoms with Gasteiger partial charge in [-0.25, -0.2) is 5.43 Å². The van der Waals surface area contributed by atoms with Crippen molar-refractivity contribution >= 4 is 17.8 Å². The summed E-state index contributed by atoms with van der Waals surface area (Å²) in [5.74, 6) is -0.335. The van der Waals surface area contributed by atoms with Crippen LogP contribution in [0.25, 0.3) is 0 Å². The van der Waals surface area contributed by atoms with Gasteiger partial charge in [0.15, 0.2) is 11.5 Å². The van der Waals surface area contributed by atoms with Gasteiger partial charge in [0.05, 0.1) is 38.4 Å². The number of carbonyl (C=O) groups is 1. The Morgan fingerprint density at radius 3 is 2.52 bits per heavy atom. The van der Waals surface area contributed by atoms with E-state index in [9.17, 15) is 20.0 Å². The third kappa shape index (κ3) is 5.58. The van der Waals surface area contributed by atoms with Gasteiger partial charge in [0.1, 0.15) is 5.75 Å². The van der Waals surface area contributed by atoms with E-state index >= 15 is 0 Å². The van der Waals surface area contributed by atoms with Gasteiger partial charge in [0, 0.05) is 17.4 Å². The van der Waals surface area contributed by atoms with Crippen LogP contribution in [0.3, 0.4) is 0 Å². The van der Waals surface area contributed by atoms with Crippen LogP contribution in [0.1, 0.15) is 18.1 Å². The molecular formula is C19H20N3O7-. The zero-order valence-electron chi connectivity index (χ0n) is 16.1. The Hall–Kier alpha value is -3.82. The van der Waals surface area contributed by atoms with Gasteiger partial charge in [-0.1, -0.05) is 6.07 Å². The summed E-state index contributed by atoms with van der Waals surface area (Å²) in [6.45, 7) is 1.83. The number of hydrogen-bond acceptors (Lipinski definition) is 8. The van der Waals surface area contributed by atoms with Crippen LogP contribution in [0.15, 0.2) is 35.4 Å². The number of amides is 1. The normalized spacial score (nSPS) is 10.6. The first-order chi connectivity index (χ1) is 13.9. The number of rotatable bonds is 9. The van der Waals surface area contributed by atoms with Crippen molar-refractivity contribution in [3.05, 3.63) is 51.6 Å². The molecule has 0 aliphatic rings. The minimum Gasteiger partial charge on any atom is -0.865 e. The van der Waals surface area contributed by atoms with Crippen LogP contribution >= 0.6 is 0 Å². The van der Waals surface area contributed by atoms with Gasteiger partial charge in [-0.3, -0.25) is 14.9 Å². The minimum atomic E-state index is -0.813. The molecule has 0 aliphatic heterocycles. The maximum atomic E-state index is 12.1. The molecule has 0 atom stereocenters. The summed E-state index contributed by atoms with van der Waals surface area (Å²) < 4.78 is 15.5.